The van der Waals surface area contributed by atoms with Crippen LogP contribution in [0.5, 0.6) is 5.75 Å². The van der Waals surface area contributed by atoms with Crippen LogP contribution in [0.15, 0.2) is 28.8 Å². The first kappa shape index (κ1) is 16.8. The van der Waals surface area contributed by atoms with Gasteiger partial charge in [-0.05, 0) is 44.0 Å². The molecule has 1 N–H and O–H groups in total. The molecule has 0 saturated carbocycles. The maximum atomic E-state index is 11.9. The number of thioether (sulfide) groups is 1. The van der Waals surface area contributed by atoms with E-state index in [4.69, 9.17) is 9.26 Å². The van der Waals surface area contributed by atoms with E-state index in [1.165, 1.54) is 0 Å². The van der Waals surface area contributed by atoms with Crippen molar-refractivity contribution in [3.05, 3.63) is 30.2 Å². The largest absolute Gasteiger partial charge is 0.494 e. The molecule has 0 spiro atoms. The summed E-state index contributed by atoms with van der Waals surface area (Å²) in [5.41, 5.74) is 0.880. The van der Waals surface area contributed by atoms with Crippen LogP contribution in [-0.2, 0) is 10.5 Å². The molecule has 2 heterocycles. The second kappa shape index (κ2) is 8.19. The van der Waals surface area contributed by atoms with E-state index in [0.29, 0.717) is 24.1 Å². The molecule has 1 fully saturated rings. The van der Waals surface area contributed by atoms with E-state index in [1.54, 1.807) is 11.8 Å². The van der Waals surface area contributed by atoms with Crippen LogP contribution >= 0.6 is 11.8 Å². The van der Waals surface area contributed by atoms with Gasteiger partial charge < -0.3 is 14.6 Å². The van der Waals surface area contributed by atoms with Crippen LogP contribution in [0.3, 0.4) is 0 Å². The summed E-state index contributed by atoms with van der Waals surface area (Å²) in [5, 5.41) is 6.93. The van der Waals surface area contributed by atoms with Gasteiger partial charge in [-0.1, -0.05) is 11.6 Å². The molecule has 3 rings (SSSR count). The third kappa shape index (κ3) is 4.29. The summed E-state index contributed by atoms with van der Waals surface area (Å²) in [6.07, 6.45) is 3.01. The van der Waals surface area contributed by atoms with Crippen molar-refractivity contribution in [1.29, 1.82) is 0 Å². The van der Waals surface area contributed by atoms with Gasteiger partial charge >= 0.3 is 0 Å². The number of aromatic nitrogens is 2. The molecule has 1 amide bonds. The smallest absolute Gasteiger partial charge is 0.236 e. The summed E-state index contributed by atoms with van der Waals surface area (Å²) >= 11 is 1.56. The number of hydrogen-bond donors (Lipinski definition) is 1. The first-order valence-electron chi connectivity index (χ1n) is 8.21. The summed E-state index contributed by atoms with van der Waals surface area (Å²) in [6.45, 7) is 3.36. The molecule has 0 radical (unpaired) electrons. The van der Waals surface area contributed by atoms with Crippen molar-refractivity contribution >= 4 is 17.7 Å². The second-order valence-corrected chi connectivity index (χ2v) is 6.75. The maximum absolute atomic E-state index is 11.9. The Hall–Kier alpha value is -2.02. The van der Waals surface area contributed by atoms with Crippen LogP contribution < -0.4 is 10.1 Å². The number of rotatable bonds is 6. The maximum Gasteiger partial charge on any atom is 0.236 e. The highest BCUT2D eigenvalue weighted by atomic mass is 32.2. The molecule has 1 aliphatic rings. The Bertz CT molecular complexity index is 672. The van der Waals surface area contributed by atoms with Crippen molar-refractivity contribution in [2.45, 2.75) is 37.2 Å². The minimum Gasteiger partial charge on any atom is -0.494 e. The lowest BCUT2D eigenvalue weighted by Gasteiger charge is -2.10. The second-order valence-electron chi connectivity index (χ2n) is 5.56. The van der Waals surface area contributed by atoms with E-state index in [2.05, 4.69) is 15.5 Å². The molecule has 128 valence electrons. The Morgan fingerprint density at radius 3 is 2.96 bits per heavy atom. The fourth-order valence-corrected chi connectivity index (χ4v) is 3.57. The topological polar surface area (TPSA) is 77.3 Å². The van der Waals surface area contributed by atoms with E-state index in [0.717, 1.165) is 37.1 Å². The number of amides is 1. The highest BCUT2D eigenvalue weighted by Crippen LogP contribution is 2.25. The van der Waals surface area contributed by atoms with Gasteiger partial charge in [-0.25, -0.2) is 0 Å². The zero-order valence-electron chi connectivity index (χ0n) is 13.7. The highest BCUT2D eigenvalue weighted by molar-refractivity contribution is 7.99. The average molecular weight is 347 g/mol. The highest BCUT2D eigenvalue weighted by Gasteiger charge is 2.22. The Balaban J connectivity index is 1.59. The lowest BCUT2D eigenvalue weighted by Crippen LogP contribution is -2.30. The molecule has 2 aromatic rings. The minimum absolute atomic E-state index is 0.0340. The number of carbonyl (C=O) groups excluding carboxylic acids is 1. The zero-order valence-corrected chi connectivity index (χ0v) is 14.5. The molecule has 1 atom stereocenters. The van der Waals surface area contributed by atoms with Gasteiger partial charge in [-0.2, -0.15) is 4.98 Å². The Morgan fingerprint density at radius 2 is 2.17 bits per heavy atom. The summed E-state index contributed by atoms with van der Waals surface area (Å²) in [4.78, 5) is 16.4. The van der Waals surface area contributed by atoms with Crippen LogP contribution in [0.1, 0.15) is 32.1 Å². The van der Waals surface area contributed by atoms with Gasteiger partial charge in [0.05, 0.1) is 17.6 Å². The first-order valence-corrected chi connectivity index (χ1v) is 9.26. The van der Waals surface area contributed by atoms with Gasteiger partial charge in [0.15, 0.2) is 0 Å². The predicted molar refractivity (Wildman–Crippen MR) is 92.8 cm³/mol. The van der Waals surface area contributed by atoms with Gasteiger partial charge in [-0.3, -0.25) is 4.79 Å². The first-order chi connectivity index (χ1) is 11.8. The quantitative estimate of drug-likeness (QED) is 0.865. The number of nitrogens with zero attached hydrogens (tertiary/aromatic N) is 2. The molecule has 1 saturated heterocycles. The van der Waals surface area contributed by atoms with Gasteiger partial charge in [0.1, 0.15) is 5.75 Å². The molecular weight excluding hydrogens is 326 g/mol. The van der Waals surface area contributed by atoms with Crippen LogP contribution in [0.2, 0.25) is 0 Å². The van der Waals surface area contributed by atoms with E-state index >= 15 is 0 Å². The molecule has 0 aliphatic carbocycles. The lowest BCUT2D eigenvalue weighted by molar-refractivity contribution is -0.120. The van der Waals surface area contributed by atoms with Crippen LogP contribution in [0.25, 0.3) is 11.4 Å². The molecule has 7 heteroatoms. The third-order valence-electron chi connectivity index (χ3n) is 3.78. The Kier molecular flexibility index (Phi) is 5.74. The number of nitrogens with one attached hydrogen (secondary N) is 1. The predicted octanol–water partition coefficient (Wildman–Crippen LogP) is 3.04. The van der Waals surface area contributed by atoms with E-state index in [9.17, 15) is 4.79 Å². The number of carbonyl (C=O) groups is 1. The standard InChI is InChI=1S/C17H21N3O3S/c1-2-22-13-8-6-12(7-9-13)16-19-15(23-20-16)11-24-14-5-3-4-10-18-17(14)21/h6-9,14H,2-5,10-11H2,1H3,(H,18,21). The van der Waals surface area contributed by atoms with Crippen LogP contribution in [0, 0.1) is 0 Å². The Labute approximate surface area is 145 Å². The number of hydrogen-bond acceptors (Lipinski definition) is 6. The minimum atomic E-state index is -0.0340. The summed E-state index contributed by atoms with van der Waals surface area (Å²) in [6, 6.07) is 7.59. The van der Waals surface area contributed by atoms with Gasteiger partial charge in [0.25, 0.3) is 0 Å². The number of ether oxygens (including phenoxy) is 1. The summed E-state index contributed by atoms with van der Waals surface area (Å²) in [7, 11) is 0. The van der Waals surface area contributed by atoms with E-state index in [1.807, 2.05) is 31.2 Å². The zero-order chi connectivity index (χ0) is 16.8. The van der Waals surface area contributed by atoms with Crippen molar-refractivity contribution in [3.63, 3.8) is 0 Å². The third-order valence-corrected chi connectivity index (χ3v) is 5.05. The molecule has 1 aromatic carbocycles. The lowest BCUT2D eigenvalue weighted by atomic mass is 10.2. The normalized spacial score (nSPS) is 18.0. The van der Waals surface area contributed by atoms with Gasteiger partial charge in [0.2, 0.25) is 17.6 Å². The molecule has 24 heavy (non-hydrogen) atoms. The molecular formula is C17H21N3O3S. The summed E-state index contributed by atoms with van der Waals surface area (Å²) in [5.74, 6) is 2.57. The summed E-state index contributed by atoms with van der Waals surface area (Å²) < 4.78 is 10.7. The van der Waals surface area contributed by atoms with Crippen molar-refractivity contribution < 1.29 is 14.1 Å². The fourth-order valence-electron chi connectivity index (χ4n) is 2.54. The van der Waals surface area contributed by atoms with Crippen molar-refractivity contribution in [3.8, 4) is 17.1 Å². The van der Waals surface area contributed by atoms with Gasteiger partial charge in [0, 0.05) is 12.1 Å². The molecule has 6 nitrogen and oxygen atoms in total. The molecule has 1 aliphatic heterocycles. The number of benzene rings is 1. The van der Waals surface area contributed by atoms with Crippen LogP contribution in [0.4, 0.5) is 0 Å². The van der Waals surface area contributed by atoms with E-state index < -0.39 is 0 Å². The SMILES string of the molecule is CCOc1ccc(-c2noc(CSC3CCCCNC3=O)n2)cc1. The van der Waals surface area contributed by atoms with Gasteiger partial charge in [-0.15, -0.1) is 11.8 Å². The molecule has 1 aromatic heterocycles. The molecule has 0 bridgehead atoms. The Morgan fingerprint density at radius 1 is 1.33 bits per heavy atom. The van der Waals surface area contributed by atoms with Crippen molar-refractivity contribution in [2.24, 2.45) is 0 Å². The average Bonchev–Trinajstić information content (AvgIpc) is 2.97. The van der Waals surface area contributed by atoms with Crippen molar-refractivity contribution in [1.82, 2.24) is 15.5 Å². The van der Waals surface area contributed by atoms with E-state index in [-0.39, 0.29) is 11.2 Å². The molecule has 1 unspecified atom stereocenters. The fraction of sp³-hybridized carbons (Fsp3) is 0.471. The monoisotopic (exact) mass is 347 g/mol. The van der Waals surface area contributed by atoms with Crippen LogP contribution in [-0.4, -0.2) is 34.4 Å². The van der Waals surface area contributed by atoms with Crippen molar-refractivity contribution in [2.75, 3.05) is 13.2 Å².